The first-order valence-electron chi connectivity index (χ1n) is 6.29. The minimum atomic E-state index is -1.20. The van der Waals surface area contributed by atoms with Crippen LogP contribution in [0.1, 0.15) is 11.7 Å². The zero-order valence-corrected chi connectivity index (χ0v) is 11.9. The van der Waals surface area contributed by atoms with Crippen LogP contribution in [0.15, 0.2) is 36.4 Å². The predicted octanol–water partition coefficient (Wildman–Crippen LogP) is 3.23. The highest BCUT2D eigenvalue weighted by Gasteiger charge is 2.30. The maximum absolute atomic E-state index is 13.3. The zero-order valence-electron chi connectivity index (χ0n) is 11.1. The Morgan fingerprint density at radius 3 is 2.81 bits per heavy atom. The summed E-state index contributed by atoms with van der Waals surface area (Å²) in [6.45, 7) is 0. The number of aliphatic hydroxyl groups excluding tert-OH is 1. The minimum Gasteiger partial charge on any atom is -0.378 e. The molecule has 21 heavy (non-hydrogen) atoms. The number of nitrogens with zero attached hydrogens (tertiary/aromatic N) is 1. The molecule has 0 spiro atoms. The van der Waals surface area contributed by atoms with E-state index in [1.807, 2.05) is 0 Å². The molecular formula is C15H12ClFN2O2. The molecule has 1 unspecified atom stereocenters. The number of halogens is 2. The monoisotopic (exact) mass is 306 g/mol. The number of hydrogen-bond acceptors (Lipinski definition) is 3. The Balaban J connectivity index is 2.04. The third kappa shape index (κ3) is 2.34. The van der Waals surface area contributed by atoms with Crippen molar-refractivity contribution in [2.24, 2.45) is 0 Å². The fraction of sp³-hybridized carbons (Fsp3) is 0.133. The van der Waals surface area contributed by atoms with Gasteiger partial charge in [0.05, 0.1) is 10.7 Å². The summed E-state index contributed by atoms with van der Waals surface area (Å²) in [7, 11) is 1.75. The predicted molar refractivity (Wildman–Crippen MR) is 79.5 cm³/mol. The lowest BCUT2D eigenvalue weighted by molar-refractivity contribution is -0.123. The number of rotatable bonds is 2. The maximum atomic E-state index is 13.3. The molecule has 4 nitrogen and oxygen atoms in total. The molecule has 6 heteroatoms. The Bertz CT molecular complexity index is 736. The zero-order chi connectivity index (χ0) is 15.1. The molecule has 1 aliphatic heterocycles. The molecule has 2 N–H and O–H groups in total. The van der Waals surface area contributed by atoms with Gasteiger partial charge < -0.3 is 15.3 Å². The fourth-order valence-corrected chi connectivity index (χ4v) is 2.63. The normalized spacial score (nSPS) is 16.6. The molecular weight excluding hydrogens is 295 g/mol. The lowest BCUT2D eigenvalue weighted by Gasteiger charge is -2.21. The van der Waals surface area contributed by atoms with E-state index >= 15 is 0 Å². The summed E-state index contributed by atoms with van der Waals surface area (Å²) >= 11 is 6.22. The third-order valence-corrected chi connectivity index (χ3v) is 3.78. The summed E-state index contributed by atoms with van der Waals surface area (Å²) in [5.41, 5.74) is 2.19. The van der Waals surface area contributed by atoms with E-state index in [1.54, 1.807) is 36.2 Å². The van der Waals surface area contributed by atoms with Crippen molar-refractivity contribution < 1.29 is 14.3 Å². The van der Waals surface area contributed by atoms with Crippen molar-refractivity contribution in [2.45, 2.75) is 6.10 Å². The minimum absolute atomic E-state index is 0.347. The molecule has 0 saturated heterocycles. The molecule has 0 bridgehead atoms. The van der Waals surface area contributed by atoms with E-state index in [0.717, 1.165) is 0 Å². The van der Waals surface area contributed by atoms with Crippen LogP contribution in [-0.4, -0.2) is 18.1 Å². The third-order valence-electron chi connectivity index (χ3n) is 3.48. The molecule has 1 amide bonds. The van der Waals surface area contributed by atoms with Crippen LogP contribution >= 0.6 is 11.6 Å². The van der Waals surface area contributed by atoms with E-state index in [-0.39, 0.29) is 5.82 Å². The quantitative estimate of drug-likeness (QED) is 0.895. The van der Waals surface area contributed by atoms with Crippen LogP contribution in [0.2, 0.25) is 5.02 Å². The topological polar surface area (TPSA) is 52.6 Å². The van der Waals surface area contributed by atoms with Gasteiger partial charge in [0.15, 0.2) is 6.10 Å². The van der Waals surface area contributed by atoms with Gasteiger partial charge in [-0.25, -0.2) is 4.39 Å². The Morgan fingerprint density at radius 1 is 1.33 bits per heavy atom. The Hall–Kier alpha value is -2.11. The van der Waals surface area contributed by atoms with E-state index in [0.29, 0.717) is 27.6 Å². The van der Waals surface area contributed by atoms with Gasteiger partial charge in [-0.15, -0.1) is 0 Å². The van der Waals surface area contributed by atoms with Crippen molar-refractivity contribution in [2.75, 3.05) is 17.3 Å². The standard InChI is InChI=1S/C15H12ClFN2O2/c1-19(9-4-2-3-8(17)5-9)13-7-12-10(6-11(13)16)14(20)15(21)18-12/h2-7,14,20H,1H3,(H,18,21). The molecule has 1 aliphatic rings. The number of carbonyl (C=O) groups is 1. The average molecular weight is 307 g/mol. The van der Waals surface area contributed by atoms with Gasteiger partial charge in [-0.1, -0.05) is 17.7 Å². The van der Waals surface area contributed by atoms with E-state index < -0.39 is 12.0 Å². The van der Waals surface area contributed by atoms with Crippen LogP contribution in [0.5, 0.6) is 0 Å². The molecule has 0 aliphatic carbocycles. The number of amides is 1. The largest absolute Gasteiger partial charge is 0.378 e. The molecule has 2 aromatic rings. The summed E-state index contributed by atoms with van der Waals surface area (Å²) in [5.74, 6) is -0.827. The van der Waals surface area contributed by atoms with E-state index in [4.69, 9.17) is 11.6 Å². The second-order valence-corrected chi connectivity index (χ2v) is 5.23. The summed E-state index contributed by atoms with van der Waals surface area (Å²) < 4.78 is 13.3. The number of aliphatic hydroxyl groups is 1. The number of benzene rings is 2. The van der Waals surface area contributed by atoms with Gasteiger partial charge >= 0.3 is 0 Å². The van der Waals surface area contributed by atoms with Gasteiger partial charge in [-0.3, -0.25) is 4.79 Å². The SMILES string of the molecule is CN(c1cccc(F)c1)c1cc2c(cc1Cl)C(O)C(=O)N2. The Morgan fingerprint density at radius 2 is 2.10 bits per heavy atom. The molecule has 0 radical (unpaired) electrons. The summed E-state index contributed by atoms with van der Waals surface area (Å²) in [6.07, 6.45) is -1.20. The molecule has 108 valence electrons. The average Bonchev–Trinajstić information content (AvgIpc) is 2.73. The van der Waals surface area contributed by atoms with Crippen LogP contribution in [0.4, 0.5) is 21.5 Å². The number of fused-ring (bicyclic) bond motifs is 1. The Labute approximate surface area is 125 Å². The van der Waals surface area contributed by atoms with Gasteiger partial charge in [-0.05, 0) is 30.3 Å². The van der Waals surface area contributed by atoms with Crippen LogP contribution in [0, 0.1) is 5.82 Å². The van der Waals surface area contributed by atoms with Gasteiger partial charge in [0.1, 0.15) is 5.82 Å². The van der Waals surface area contributed by atoms with Gasteiger partial charge in [0.25, 0.3) is 5.91 Å². The number of carbonyl (C=O) groups excluding carboxylic acids is 1. The summed E-state index contributed by atoms with van der Waals surface area (Å²) in [5, 5.41) is 12.7. The Kier molecular flexibility index (Phi) is 3.31. The van der Waals surface area contributed by atoms with Crippen molar-refractivity contribution in [3.63, 3.8) is 0 Å². The molecule has 0 aromatic heterocycles. The second kappa shape index (κ2) is 5.02. The smallest absolute Gasteiger partial charge is 0.257 e. The van der Waals surface area contributed by atoms with Gasteiger partial charge in [0.2, 0.25) is 0 Å². The lowest BCUT2D eigenvalue weighted by atomic mass is 10.1. The summed E-state index contributed by atoms with van der Waals surface area (Å²) in [6, 6.07) is 9.31. The van der Waals surface area contributed by atoms with E-state index in [2.05, 4.69) is 5.32 Å². The van der Waals surface area contributed by atoms with E-state index in [9.17, 15) is 14.3 Å². The number of nitrogens with one attached hydrogen (secondary N) is 1. The van der Waals surface area contributed by atoms with Crippen molar-refractivity contribution in [1.82, 2.24) is 0 Å². The first kappa shape index (κ1) is 13.9. The van der Waals surface area contributed by atoms with Crippen LogP contribution in [-0.2, 0) is 4.79 Å². The van der Waals surface area contributed by atoms with Crippen molar-refractivity contribution in [3.8, 4) is 0 Å². The van der Waals surface area contributed by atoms with Crippen LogP contribution < -0.4 is 10.2 Å². The maximum Gasteiger partial charge on any atom is 0.257 e. The first-order chi connectivity index (χ1) is 9.97. The lowest BCUT2D eigenvalue weighted by Crippen LogP contribution is -2.11. The molecule has 2 aromatic carbocycles. The molecule has 1 atom stereocenters. The van der Waals surface area contributed by atoms with Crippen molar-refractivity contribution in [1.29, 1.82) is 0 Å². The summed E-state index contributed by atoms with van der Waals surface area (Å²) in [4.78, 5) is 13.2. The van der Waals surface area contributed by atoms with Gasteiger partial charge in [-0.2, -0.15) is 0 Å². The molecule has 0 fully saturated rings. The molecule has 3 rings (SSSR count). The fourth-order valence-electron chi connectivity index (χ4n) is 2.33. The molecule has 1 heterocycles. The highest BCUT2D eigenvalue weighted by atomic mass is 35.5. The van der Waals surface area contributed by atoms with Gasteiger partial charge in [0, 0.05) is 24.0 Å². The number of anilines is 3. The number of hydrogen-bond donors (Lipinski definition) is 2. The van der Waals surface area contributed by atoms with Crippen molar-refractivity contribution in [3.05, 3.63) is 52.8 Å². The highest BCUT2D eigenvalue weighted by Crippen LogP contribution is 2.40. The second-order valence-electron chi connectivity index (χ2n) is 4.82. The highest BCUT2D eigenvalue weighted by molar-refractivity contribution is 6.34. The van der Waals surface area contributed by atoms with Crippen LogP contribution in [0.3, 0.4) is 0 Å². The first-order valence-corrected chi connectivity index (χ1v) is 6.67. The van der Waals surface area contributed by atoms with E-state index in [1.165, 1.54) is 12.1 Å². The molecule has 0 saturated carbocycles. The van der Waals surface area contributed by atoms with Crippen LogP contribution in [0.25, 0.3) is 0 Å². The van der Waals surface area contributed by atoms with Crippen molar-refractivity contribution >= 4 is 34.6 Å².